The quantitative estimate of drug-likeness (QED) is 0.747. The molecule has 3 N–H and O–H groups in total. The number of aromatic amines is 1. The van der Waals surface area contributed by atoms with Crippen molar-refractivity contribution in [3.8, 4) is 0 Å². The Morgan fingerprint density at radius 2 is 2.00 bits per heavy atom. The molecule has 0 saturated carbocycles. The molecule has 1 aromatic rings. The maximum atomic E-state index is 12.7. The van der Waals surface area contributed by atoms with Crippen molar-refractivity contribution in [1.29, 1.82) is 0 Å². The summed E-state index contributed by atoms with van der Waals surface area (Å²) < 4.78 is 38.1. The lowest BCUT2D eigenvalue weighted by atomic mass is 10.0. The van der Waals surface area contributed by atoms with E-state index in [0.717, 1.165) is 0 Å². The maximum absolute atomic E-state index is 12.7. The predicted octanol–water partition coefficient (Wildman–Crippen LogP) is 0.893. The number of H-pyrrole nitrogens is 1. The standard InChI is InChI=1S/C10H13F3N4O3/c1-3-4-5-14-6(17-16-5)7(18)15-9(2,8(19)20)10(11,12)13/h3-4H2,1-2H3,(H,15,18)(H,19,20)(H,14,16,17). The smallest absolute Gasteiger partial charge is 0.422 e. The summed E-state index contributed by atoms with van der Waals surface area (Å²) in [5.41, 5.74) is -3.41. The Kier molecular flexibility index (Phi) is 4.36. The van der Waals surface area contributed by atoms with Gasteiger partial charge in [-0.3, -0.25) is 9.89 Å². The van der Waals surface area contributed by atoms with Crippen LogP contribution in [0.2, 0.25) is 0 Å². The molecular weight excluding hydrogens is 281 g/mol. The van der Waals surface area contributed by atoms with Gasteiger partial charge in [-0.2, -0.15) is 13.2 Å². The molecular formula is C10H13F3N4O3. The SMILES string of the molecule is CCCc1nc(C(=O)NC(C)(C(=O)O)C(F)(F)F)n[nH]1. The van der Waals surface area contributed by atoms with Crippen LogP contribution in [0.25, 0.3) is 0 Å². The third-order valence-electron chi connectivity index (χ3n) is 2.58. The lowest BCUT2D eigenvalue weighted by Gasteiger charge is -2.27. The molecule has 0 spiro atoms. The highest BCUT2D eigenvalue weighted by Crippen LogP contribution is 2.30. The Morgan fingerprint density at radius 1 is 1.40 bits per heavy atom. The van der Waals surface area contributed by atoms with Gasteiger partial charge < -0.3 is 10.4 Å². The van der Waals surface area contributed by atoms with Gasteiger partial charge in [-0.05, 0) is 13.3 Å². The number of alkyl halides is 3. The van der Waals surface area contributed by atoms with Crippen molar-refractivity contribution in [2.75, 3.05) is 0 Å². The molecule has 0 aliphatic heterocycles. The molecule has 1 atom stereocenters. The Morgan fingerprint density at radius 3 is 2.45 bits per heavy atom. The molecule has 20 heavy (non-hydrogen) atoms. The summed E-state index contributed by atoms with van der Waals surface area (Å²) in [6.07, 6.45) is -3.99. The topological polar surface area (TPSA) is 108 Å². The first kappa shape index (κ1) is 15.9. The molecule has 1 aromatic heterocycles. The number of carbonyl (C=O) groups excluding carboxylic acids is 1. The highest BCUT2D eigenvalue weighted by Gasteiger charge is 2.58. The molecule has 7 nitrogen and oxygen atoms in total. The molecule has 0 aliphatic rings. The highest BCUT2D eigenvalue weighted by atomic mass is 19.4. The third kappa shape index (κ3) is 3.06. The van der Waals surface area contributed by atoms with Crippen LogP contribution in [0, 0.1) is 0 Å². The molecule has 1 amide bonds. The van der Waals surface area contributed by atoms with E-state index < -0.39 is 29.4 Å². The summed E-state index contributed by atoms with van der Waals surface area (Å²) in [4.78, 5) is 26.1. The fraction of sp³-hybridized carbons (Fsp3) is 0.600. The van der Waals surface area contributed by atoms with Crippen LogP contribution < -0.4 is 5.32 Å². The van der Waals surface area contributed by atoms with Crippen molar-refractivity contribution >= 4 is 11.9 Å². The largest absolute Gasteiger partial charge is 0.479 e. The summed E-state index contributed by atoms with van der Waals surface area (Å²) in [7, 11) is 0. The monoisotopic (exact) mass is 294 g/mol. The summed E-state index contributed by atoms with van der Waals surface area (Å²) >= 11 is 0. The van der Waals surface area contributed by atoms with Crippen LogP contribution in [0.4, 0.5) is 13.2 Å². The molecule has 1 unspecified atom stereocenters. The van der Waals surface area contributed by atoms with Crippen LogP contribution in [-0.2, 0) is 11.2 Å². The number of aliphatic carboxylic acids is 1. The molecule has 10 heteroatoms. The highest BCUT2D eigenvalue weighted by molar-refractivity contribution is 5.95. The molecule has 0 aliphatic carbocycles. The van der Waals surface area contributed by atoms with Crippen LogP contribution in [-0.4, -0.2) is 43.9 Å². The molecule has 0 fully saturated rings. The van der Waals surface area contributed by atoms with Gasteiger partial charge in [0.2, 0.25) is 11.4 Å². The van der Waals surface area contributed by atoms with E-state index in [1.54, 1.807) is 0 Å². The van der Waals surface area contributed by atoms with Crippen molar-refractivity contribution in [2.45, 2.75) is 38.4 Å². The van der Waals surface area contributed by atoms with Crippen molar-refractivity contribution in [1.82, 2.24) is 20.5 Å². The van der Waals surface area contributed by atoms with Crippen LogP contribution in [0.1, 0.15) is 36.7 Å². The first-order valence-corrected chi connectivity index (χ1v) is 5.65. The molecule has 0 saturated heterocycles. The lowest BCUT2D eigenvalue weighted by Crippen LogP contribution is -2.62. The van der Waals surface area contributed by atoms with Gasteiger partial charge in [0, 0.05) is 6.42 Å². The van der Waals surface area contributed by atoms with E-state index in [0.29, 0.717) is 25.6 Å². The van der Waals surface area contributed by atoms with Gasteiger partial charge in [0.1, 0.15) is 5.82 Å². The van der Waals surface area contributed by atoms with Crippen molar-refractivity contribution in [3.05, 3.63) is 11.6 Å². The van der Waals surface area contributed by atoms with Crippen LogP contribution in [0.15, 0.2) is 0 Å². The summed E-state index contributed by atoms with van der Waals surface area (Å²) in [6, 6.07) is 0. The number of carboxylic acid groups (broad SMARTS) is 1. The lowest BCUT2D eigenvalue weighted by molar-refractivity contribution is -0.203. The fourth-order valence-corrected chi connectivity index (χ4v) is 1.27. The number of hydrogen-bond donors (Lipinski definition) is 3. The third-order valence-corrected chi connectivity index (χ3v) is 2.58. The molecule has 1 rings (SSSR count). The maximum Gasteiger partial charge on any atom is 0.422 e. The minimum atomic E-state index is -5.16. The number of rotatable bonds is 5. The zero-order valence-corrected chi connectivity index (χ0v) is 10.7. The van der Waals surface area contributed by atoms with E-state index in [-0.39, 0.29) is 0 Å². The number of aryl methyl sites for hydroxylation is 1. The number of carbonyl (C=O) groups is 2. The van der Waals surface area contributed by atoms with Gasteiger partial charge in [0.25, 0.3) is 5.91 Å². The van der Waals surface area contributed by atoms with Crippen molar-refractivity contribution in [2.24, 2.45) is 0 Å². The Balaban J connectivity index is 2.94. The van der Waals surface area contributed by atoms with Gasteiger partial charge in [-0.15, -0.1) is 5.10 Å². The van der Waals surface area contributed by atoms with Gasteiger partial charge in [-0.1, -0.05) is 6.92 Å². The molecule has 0 radical (unpaired) electrons. The average Bonchev–Trinajstić information content (AvgIpc) is 2.76. The molecule has 0 bridgehead atoms. The van der Waals surface area contributed by atoms with Crippen molar-refractivity contribution < 1.29 is 27.9 Å². The Labute approximate surface area is 111 Å². The van der Waals surface area contributed by atoms with E-state index >= 15 is 0 Å². The van der Waals surface area contributed by atoms with Gasteiger partial charge in [-0.25, -0.2) is 9.78 Å². The fourth-order valence-electron chi connectivity index (χ4n) is 1.27. The van der Waals surface area contributed by atoms with E-state index in [2.05, 4.69) is 15.2 Å². The number of nitrogens with one attached hydrogen (secondary N) is 2. The summed E-state index contributed by atoms with van der Waals surface area (Å²) in [5.74, 6) is -3.74. The van der Waals surface area contributed by atoms with E-state index in [1.165, 1.54) is 5.32 Å². The average molecular weight is 294 g/mol. The number of aromatic nitrogens is 3. The molecule has 112 valence electrons. The van der Waals surface area contributed by atoms with Gasteiger partial charge >= 0.3 is 12.1 Å². The number of nitrogens with zero attached hydrogens (tertiary/aromatic N) is 2. The predicted molar refractivity (Wildman–Crippen MR) is 59.9 cm³/mol. The Bertz CT molecular complexity index is 514. The number of carboxylic acids is 1. The molecule has 1 heterocycles. The normalized spacial score (nSPS) is 14.7. The first-order valence-electron chi connectivity index (χ1n) is 5.65. The second kappa shape index (κ2) is 5.47. The zero-order chi connectivity index (χ0) is 15.6. The second-order valence-electron chi connectivity index (χ2n) is 4.24. The summed E-state index contributed by atoms with van der Waals surface area (Å²) in [6.45, 7) is 2.19. The first-order chi connectivity index (χ1) is 9.11. The minimum Gasteiger partial charge on any atom is -0.479 e. The van der Waals surface area contributed by atoms with Crippen LogP contribution in [0.3, 0.4) is 0 Å². The second-order valence-corrected chi connectivity index (χ2v) is 4.24. The van der Waals surface area contributed by atoms with Gasteiger partial charge in [0.05, 0.1) is 0 Å². The molecule has 0 aromatic carbocycles. The van der Waals surface area contributed by atoms with E-state index in [4.69, 9.17) is 5.11 Å². The Hall–Kier alpha value is -2.13. The van der Waals surface area contributed by atoms with Crippen LogP contribution in [0.5, 0.6) is 0 Å². The number of halogens is 3. The number of amides is 1. The number of hydrogen-bond acceptors (Lipinski definition) is 4. The van der Waals surface area contributed by atoms with Crippen molar-refractivity contribution in [3.63, 3.8) is 0 Å². The van der Waals surface area contributed by atoms with E-state index in [9.17, 15) is 22.8 Å². The van der Waals surface area contributed by atoms with Gasteiger partial charge in [0.15, 0.2) is 0 Å². The minimum absolute atomic E-state index is 0.335. The zero-order valence-electron chi connectivity index (χ0n) is 10.7. The summed E-state index contributed by atoms with van der Waals surface area (Å²) in [5, 5.41) is 15.9. The van der Waals surface area contributed by atoms with E-state index in [1.807, 2.05) is 6.92 Å². The van der Waals surface area contributed by atoms with Crippen LogP contribution >= 0.6 is 0 Å².